The van der Waals surface area contributed by atoms with Crippen LogP contribution in [-0.4, -0.2) is 40.5 Å². The zero-order valence-corrected chi connectivity index (χ0v) is 16.3. The van der Waals surface area contributed by atoms with Crippen molar-refractivity contribution in [3.05, 3.63) is 35.4 Å². The molecule has 0 aromatic heterocycles. The Morgan fingerprint density at radius 2 is 1.97 bits per heavy atom. The van der Waals surface area contributed by atoms with Crippen molar-refractivity contribution in [2.75, 3.05) is 13.1 Å². The third-order valence-electron chi connectivity index (χ3n) is 5.87. The number of hydrogen-bond acceptors (Lipinski definition) is 3. The van der Waals surface area contributed by atoms with Gasteiger partial charge in [-0.3, -0.25) is 9.59 Å². The van der Waals surface area contributed by atoms with E-state index in [2.05, 4.69) is 5.32 Å². The highest BCUT2D eigenvalue weighted by molar-refractivity contribution is 5.83. The van der Waals surface area contributed by atoms with Crippen LogP contribution in [0.4, 0.5) is 13.2 Å². The Morgan fingerprint density at radius 1 is 1.24 bits per heavy atom. The van der Waals surface area contributed by atoms with Gasteiger partial charge in [0.25, 0.3) is 0 Å². The molecule has 2 N–H and O–H groups in total. The fourth-order valence-corrected chi connectivity index (χ4v) is 4.13. The van der Waals surface area contributed by atoms with Gasteiger partial charge in [-0.1, -0.05) is 31.4 Å². The Balaban J connectivity index is 1.58. The topological polar surface area (TPSA) is 69.6 Å². The number of rotatable bonds is 5. The van der Waals surface area contributed by atoms with E-state index in [0.717, 1.165) is 31.4 Å². The molecular formula is C21H27F3N2O3. The Morgan fingerprint density at radius 3 is 2.66 bits per heavy atom. The van der Waals surface area contributed by atoms with Gasteiger partial charge in [-0.15, -0.1) is 0 Å². The number of carbonyl (C=O) groups is 2. The SMILES string of the molecule is O=C(NCC1(O)CCCCC1)[C@@H]1CCC(=O)N(Cc2cccc(C(F)(F)F)c2)C1. The lowest BCUT2D eigenvalue weighted by molar-refractivity contribution is -0.139. The fourth-order valence-electron chi connectivity index (χ4n) is 4.13. The molecule has 5 nitrogen and oxygen atoms in total. The third-order valence-corrected chi connectivity index (χ3v) is 5.87. The highest BCUT2D eigenvalue weighted by Crippen LogP contribution is 2.30. The number of likely N-dealkylation sites (tertiary alicyclic amines) is 1. The predicted octanol–water partition coefficient (Wildman–Crippen LogP) is 3.26. The predicted molar refractivity (Wildman–Crippen MR) is 101 cm³/mol. The Kier molecular flexibility index (Phi) is 6.51. The molecule has 0 spiro atoms. The maximum Gasteiger partial charge on any atom is 0.416 e. The number of alkyl halides is 3. The van der Waals surface area contributed by atoms with Crippen LogP contribution in [0.5, 0.6) is 0 Å². The highest BCUT2D eigenvalue weighted by atomic mass is 19.4. The van der Waals surface area contributed by atoms with E-state index in [1.165, 1.54) is 11.0 Å². The molecule has 2 aliphatic rings. The number of carbonyl (C=O) groups excluding carboxylic acids is 2. The van der Waals surface area contributed by atoms with E-state index in [4.69, 9.17) is 0 Å². The summed E-state index contributed by atoms with van der Waals surface area (Å²) in [6.45, 7) is 0.402. The van der Waals surface area contributed by atoms with E-state index in [0.29, 0.717) is 24.8 Å². The van der Waals surface area contributed by atoms with Crippen LogP contribution in [0.1, 0.15) is 56.1 Å². The molecule has 160 valence electrons. The summed E-state index contributed by atoms with van der Waals surface area (Å²) < 4.78 is 38.7. The molecule has 0 radical (unpaired) electrons. The van der Waals surface area contributed by atoms with Crippen LogP contribution in [0, 0.1) is 5.92 Å². The minimum absolute atomic E-state index is 0.0382. The zero-order chi connectivity index (χ0) is 21.1. The number of nitrogens with one attached hydrogen (secondary N) is 1. The smallest absolute Gasteiger partial charge is 0.388 e. The molecule has 29 heavy (non-hydrogen) atoms. The lowest BCUT2D eigenvalue weighted by Crippen LogP contribution is -2.49. The summed E-state index contributed by atoms with van der Waals surface area (Å²) in [5.74, 6) is -0.811. The van der Waals surface area contributed by atoms with Crippen LogP contribution in [0.15, 0.2) is 24.3 Å². The summed E-state index contributed by atoms with van der Waals surface area (Å²) in [5.41, 5.74) is -1.24. The average molecular weight is 412 g/mol. The van der Waals surface area contributed by atoms with Gasteiger partial charge in [-0.05, 0) is 37.0 Å². The minimum atomic E-state index is -4.44. The van der Waals surface area contributed by atoms with E-state index in [-0.39, 0.29) is 37.9 Å². The van der Waals surface area contributed by atoms with Gasteiger partial charge in [0.05, 0.1) is 17.1 Å². The van der Waals surface area contributed by atoms with Crippen LogP contribution < -0.4 is 5.32 Å². The van der Waals surface area contributed by atoms with Gasteiger partial charge in [0.2, 0.25) is 11.8 Å². The van der Waals surface area contributed by atoms with Gasteiger partial charge in [0.15, 0.2) is 0 Å². The summed E-state index contributed by atoms with van der Waals surface area (Å²) in [6, 6.07) is 4.90. The monoisotopic (exact) mass is 412 g/mol. The normalized spacial score (nSPS) is 22.4. The standard InChI is InChI=1S/C21H27F3N2O3/c22-21(23,24)17-6-4-5-15(11-17)12-26-13-16(7-8-18(26)27)19(28)25-14-20(29)9-2-1-3-10-20/h4-6,11,16,29H,1-3,7-10,12-14H2,(H,25,28)/t16-/m1/s1. The molecule has 1 aromatic rings. The van der Waals surface area contributed by atoms with Crippen molar-refractivity contribution >= 4 is 11.8 Å². The van der Waals surface area contributed by atoms with Crippen LogP contribution in [0.3, 0.4) is 0 Å². The van der Waals surface area contributed by atoms with Crippen molar-refractivity contribution in [2.24, 2.45) is 5.92 Å². The molecule has 1 aliphatic carbocycles. The Bertz CT molecular complexity index is 745. The van der Waals surface area contributed by atoms with Crippen molar-refractivity contribution in [1.29, 1.82) is 0 Å². The van der Waals surface area contributed by atoms with E-state index in [1.807, 2.05) is 0 Å². The van der Waals surface area contributed by atoms with E-state index < -0.39 is 23.3 Å². The second kappa shape index (κ2) is 8.73. The number of hydrogen-bond donors (Lipinski definition) is 2. The molecule has 1 atom stereocenters. The quantitative estimate of drug-likeness (QED) is 0.780. The van der Waals surface area contributed by atoms with E-state index in [9.17, 15) is 27.9 Å². The maximum atomic E-state index is 12.9. The summed E-state index contributed by atoms with van der Waals surface area (Å²) in [7, 11) is 0. The summed E-state index contributed by atoms with van der Waals surface area (Å²) in [4.78, 5) is 26.2. The molecule has 0 bridgehead atoms. The van der Waals surface area contributed by atoms with E-state index in [1.54, 1.807) is 6.07 Å². The molecular weight excluding hydrogens is 385 g/mol. The minimum Gasteiger partial charge on any atom is -0.388 e. The lowest BCUT2D eigenvalue weighted by atomic mass is 9.84. The van der Waals surface area contributed by atoms with E-state index >= 15 is 0 Å². The number of piperidine rings is 1. The first-order valence-corrected chi connectivity index (χ1v) is 10.1. The van der Waals surface area contributed by atoms with Crippen LogP contribution in [-0.2, 0) is 22.3 Å². The largest absolute Gasteiger partial charge is 0.416 e. The van der Waals surface area contributed by atoms with Crippen molar-refractivity contribution < 1.29 is 27.9 Å². The van der Waals surface area contributed by atoms with Gasteiger partial charge in [0, 0.05) is 26.1 Å². The fraction of sp³-hybridized carbons (Fsp3) is 0.619. The average Bonchev–Trinajstić information content (AvgIpc) is 2.68. The van der Waals surface area contributed by atoms with Crippen LogP contribution in [0.25, 0.3) is 0 Å². The van der Waals surface area contributed by atoms with Gasteiger partial charge >= 0.3 is 6.18 Å². The van der Waals surface area contributed by atoms with Crippen molar-refractivity contribution in [3.63, 3.8) is 0 Å². The van der Waals surface area contributed by atoms with Gasteiger partial charge < -0.3 is 15.3 Å². The molecule has 1 saturated carbocycles. The number of aliphatic hydroxyl groups is 1. The number of amides is 2. The number of benzene rings is 1. The number of nitrogens with zero attached hydrogens (tertiary/aromatic N) is 1. The Labute approximate surface area is 168 Å². The molecule has 1 aromatic carbocycles. The van der Waals surface area contributed by atoms with Gasteiger partial charge in [0.1, 0.15) is 0 Å². The van der Waals surface area contributed by atoms with Crippen LogP contribution >= 0.6 is 0 Å². The molecule has 0 unspecified atom stereocenters. The first-order valence-electron chi connectivity index (χ1n) is 10.1. The second-order valence-electron chi connectivity index (χ2n) is 8.21. The Hall–Kier alpha value is -2.09. The van der Waals surface area contributed by atoms with Gasteiger partial charge in [-0.25, -0.2) is 0 Å². The summed E-state index contributed by atoms with van der Waals surface area (Å²) in [5, 5.41) is 13.3. The molecule has 2 fully saturated rings. The maximum absolute atomic E-state index is 12.9. The van der Waals surface area contributed by atoms with Crippen molar-refractivity contribution in [3.8, 4) is 0 Å². The van der Waals surface area contributed by atoms with Crippen LogP contribution in [0.2, 0.25) is 0 Å². The third kappa shape index (κ3) is 5.72. The van der Waals surface area contributed by atoms with Crippen molar-refractivity contribution in [2.45, 2.75) is 63.3 Å². The molecule has 2 amide bonds. The zero-order valence-electron chi connectivity index (χ0n) is 16.3. The molecule has 1 heterocycles. The first-order chi connectivity index (χ1) is 13.7. The number of halogens is 3. The molecule has 8 heteroatoms. The molecule has 1 aliphatic heterocycles. The molecule has 3 rings (SSSR count). The van der Waals surface area contributed by atoms with Crippen molar-refractivity contribution in [1.82, 2.24) is 10.2 Å². The first kappa shape index (κ1) is 21.6. The summed E-state index contributed by atoms with van der Waals surface area (Å²) >= 11 is 0. The van der Waals surface area contributed by atoms with Gasteiger partial charge in [-0.2, -0.15) is 13.2 Å². The summed E-state index contributed by atoms with van der Waals surface area (Å²) in [6.07, 6.45) is 0.443. The highest BCUT2D eigenvalue weighted by Gasteiger charge is 2.34. The lowest BCUT2D eigenvalue weighted by Gasteiger charge is -2.35. The molecule has 1 saturated heterocycles. The second-order valence-corrected chi connectivity index (χ2v) is 8.21.